The van der Waals surface area contributed by atoms with Crippen molar-refractivity contribution in [1.29, 1.82) is 0 Å². The number of aromatic nitrogens is 3. The van der Waals surface area contributed by atoms with Gasteiger partial charge in [0.05, 0.1) is 41.2 Å². The van der Waals surface area contributed by atoms with Crippen LogP contribution in [-0.2, 0) is 14.4 Å². The number of fused-ring (bicyclic) bond motifs is 1. The zero-order valence-electron chi connectivity index (χ0n) is 28.7. The number of nitrogens with one attached hydrogen (secondary N) is 3. The smallest absolute Gasteiger partial charge is 0.274 e. The molecule has 53 heavy (non-hydrogen) atoms. The molecule has 3 saturated heterocycles. The molecule has 3 N–H and O–H groups in total. The molecule has 6 amide bonds. The maximum absolute atomic E-state index is 13.5. The summed E-state index contributed by atoms with van der Waals surface area (Å²) in [5, 5.41) is 11.9. The molecule has 4 aliphatic heterocycles. The number of amides is 6. The molecule has 16 nitrogen and oxygen atoms in total. The van der Waals surface area contributed by atoms with E-state index in [2.05, 4.69) is 30.7 Å². The van der Waals surface area contributed by atoms with E-state index in [9.17, 15) is 28.8 Å². The normalized spacial score (nSPS) is 18.8. The number of hydrogen-bond donors (Lipinski definition) is 3. The summed E-state index contributed by atoms with van der Waals surface area (Å²) in [6, 6.07) is 16.5. The van der Waals surface area contributed by atoms with Crippen LogP contribution >= 0.6 is 0 Å². The van der Waals surface area contributed by atoms with Crippen LogP contribution in [0.5, 0.6) is 5.75 Å². The minimum atomic E-state index is -1.02. The van der Waals surface area contributed by atoms with Gasteiger partial charge in [0.1, 0.15) is 17.5 Å². The molecule has 0 spiro atoms. The van der Waals surface area contributed by atoms with Crippen LogP contribution in [0.3, 0.4) is 0 Å². The Balaban J connectivity index is 0.846. The highest BCUT2D eigenvalue weighted by Gasteiger charge is 2.45. The lowest BCUT2D eigenvalue weighted by molar-refractivity contribution is -0.137. The van der Waals surface area contributed by atoms with Crippen LogP contribution in [0.25, 0.3) is 11.4 Å². The molecule has 6 heterocycles. The topological polar surface area (TPSA) is 190 Å². The van der Waals surface area contributed by atoms with E-state index in [-0.39, 0.29) is 47.4 Å². The number of piperazine rings is 1. The van der Waals surface area contributed by atoms with Gasteiger partial charge in [0.2, 0.25) is 17.7 Å². The SMILES string of the molecule is COc1cc(N2CCN(C(=O)C3CN(c4ccc5c(c4)C(=O)N(C4CCC(=O)NC4=O)C5=O)C3)CC2)ccc1NC(=O)c1cccc(-c2ccn[nH]2)n1. The Bertz CT molecular complexity index is 2160. The fraction of sp³-hybridized carbons (Fsp3) is 0.297. The fourth-order valence-corrected chi connectivity index (χ4v) is 7.22. The fourth-order valence-electron chi connectivity index (χ4n) is 7.22. The largest absolute Gasteiger partial charge is 0.494 e. The molecule has 270 valence electrons. The molecule has 16 heteroatoms. The second kappa shape index (κ2) is 13.5. The maximum atomic E-state index is 13.5. The van der Waals surface area contributed by atoms with Gasteiger partial charge in [-0.2, -0.15) is 5.10 Å². The highest BCUT2D eigenvalue weighted by Crippen LogP contribution is 2.34. The van der Waals surface area contributed by atoms with Crippen molar-refractivity contribution in [2.45, 2.75) is 18.9 Å². The minimum absolute atomic E-state index is 0.0551. The Morgan fingerprint density at radius 3 is 2.36 bits per heavy atom. The second-order valence-electron chi connectivity index (χ2n) is 13.3. The van der Waals surface area contributed by atoms with Crippen LogP contribution in [0.15, 0.2) is 66.9 Å². The van der Waals surface area contributed by atoms with Crippen LogP contribution in [0.4, 0.5) is 17.1 Å². The Labute approximate surface area is 303 Å². The molecule has 2 aromatic heterocycles. The number of piperidine rings is 1. The van der Waals surface area contributed by atoms with Crippen molar-refractivity contribution in [3.05, 3.63) is 83.7 Å². The zero-order valence-corrected chi connectivity index (χ0v) is 28.7. The number of benzene rings is 2. The third-order valence-electron chi connectivity index (χ3n) is 10.2. The summed E-state index contributed by atoms with van der Waals surface area (Å²) in [6.07, 6.45) is 1.77. The van der Waals surface area contributed by atoms with Gasteiger partial charge in [-0.3, -0.25) is 44.1 Å². The van der Waals surface area contributed by atoms with Crippen molar-refractivity contribution in [2.24, 2.45) is 5.92 Å². The van der Waals surface area contributed by atoms with Crippen molar-refractivity contribution < 1.29 is 33.5 Å². The molecular formula is C37H35N9O7. The first-order chi connectivity index (χ1) is 25.7. The summed E-state index contributed by atoms with van der Waals surface area (Å²) in [4.78, 5) is 88.2. The van der Waals surface area contributed by atoms with E-state index in [4.69, 9.17) is 4.74 Å². The Kier molecular flexibility index (Phi) is 8.56. The van der Waals surface area contributed by atoms with Crippen molar-refractivity contribution in [2.75, 3.05) is 61.5 Å². The van der Waals surface area contributed by atoms with Gasteiger partial charge in [-0.05, 0) is 55.0 Å². The summed E-state index contributed by atoms with van der Waals surface area (Å²) >= 11 is 0. The molecule has 8 rings (SSSR count). The average Bonchev–Trinajstić information content (AvgIpc) is 3.78. The van der Waals surface area contributed by atoms with Crippen molar-refractivity contribution in [1.82, 2.24) is 30.3 Å². The van der Waals surface area contributed by atoms with Crippen LogP contribution in [0.1, 0.15) is 44.0 Å². The van der Waals surface area contributed by atoms with E-state index in [0.717, 1.165) is 16.3 Å². The predicted molar refractivity (Wildman–Crippen MR) is 190 cm³/mol. The molecule has 2 aromatic carbocycles. The first-order valence-electron chi connectivity index (χ1n) is 17.3. The number of methoxy groups -OCH3 is 1. The standard InChI is InChI=1S/C37H35N9O7/c1-53-31-18-23(6-8-28(31)40-33(48)29-4-2-3-26(39-29)27-11-12-38-42-27)43-13-15-44(16-14-43)35(50)21-19-45(20-21)22-5-7-24-25(17-22)37(52)46(36(24)51)30-9-10-32(47)41-34(30)49/h2-8,11-12,17-18,21,30H,9-10,13-16,19-20H2,1H3,(H,38,42)(H,40,48)(H,41,47,49). The molecule has 4 aliphatic rings. The summed E-state index contributed by atoms with van der Waals surface area (Å²) in [5.74, 6) is -2.21. The summed E-state index contributed by atoms with van der Waals surface area (Å²) in [5.41, 5.74) is 4.11. The maximum Gasteiger partial charge on any atom is 0.274 e. The highest BCUT2D eigenvalue weighted by atomic mass is 16.5. The number of nitrogens with zero attached hydrogens (tertiary/aromatic N) is 6. The molecule has 1 atom stereocenters. The monoisotopic (exact) mass is 717 g/mol. The molecular weight excluding hydrogens is 682 g/mol. The Morgan fingerprint density at radius 2 is 1.62 bits per heavy atom. The highest BCUT2D eigenvalue weighted by molar-refractivity contribution is 6.23. The number of hydrogen-bond acceptors (Lipinski definition) is 11. The first kappa shape index (κ1) is 33.6. The van der Waals surface area contributed by atoms with Gasteiger partial charge >= 0.3 is 0 Å². The number of aromatic amines is 1. The Hall–Kier alpha value is -6.58. The van der Waals surface area contributed by atoms with E-state index in [1.807, 2.05) is 21.9 Å². The van der Waals surface area contributed by atoms with Crippen LogP contribution < -0.4 is 25.2 Å². The second-order valence-corrected chi connectivity index (χ2v) is 13.3. The average molecular weight is 718 g/mol. The number of imide groups is 2. The Morgan fingerprint density at radius 1 is 0.868 bits per heavy atom. The number of anilines is 3. The molecule has 0 aliphatic carbocycles. The quantitative estimate of drug-likeness (QED) is 0.226. The van der Waals surface area contributed by atoms with E-state index in [1.54, 1.807) is 61.8 Å². The molecule has 1 unspecified atom stereocenters. The van der Waals surface area contributed by atoms with Gasteiger partial charge in [-0.15, -0.1) is 0 Å². The van der Waals surface area contributed by atoms with Crippen LogP contribution in [-0.4, -0.2) is 113 Å². The van der Waals surface area contributed by atoms with Crippen molar-refractivity contribution in [3.63, 3.8) is 0 Å². The molecule has 0 radical (unpaired) electrons. The van der Waals surface area contributed by atoms with Crippen LogP contribution in [0.2, 0.25) is 0 Å². The predicted octanol–water partition coefficient (Wildman–Crippen LogP) is 1.92. The van der Waals surface area contributed by atoms with Gasteiger partial charge in [0, 0.05) is 69.3 Å². The van der Waals surface area contributed by atoms with Gasteiger partial charge in [0.15, 0.2) is 0 Å². The van der Waals surface area contributed by atoms with Crippen molar-refractivity contribution >= 4 is 52.5 Å². The van der Waals surface area contributed by atoms with E-state index in [0.29, 0.717) is 62.1 Å². The molecule has 0 bridgehead atoms. The molecule has 3 fully saturated rings. The summed E-state index contributed by atoms with van der Waals surface area (Å²) in [7, 11) is 1.54. The number of ether oxygens (including phenoxy) is 1. The number of H-pyrrole nitrogens is 1. The van der Waals surface area contributed by atoms with E-state index >= 15 is 0 Å². The first-order valence-corrected chi connectivity index (χ1v) is 17.3. The molecule has 4 aromatic rings. The summed E-state index contributed by atoms with van der Waals surface area (Å²) < 4.78 is 5.62. The van der Waals surface area contributed by atoms with E-state index < -0.39 is 29.7 Å². The summed E-state index contributed by atoms with van der Waals surface area (Å²) in [6.45, 7) is 3.27. The van der Waals surface area contributed by atoms with Gasteiger partial charge in [-0.1, -0.05) is 6.07 Å². The lowest BCUT2D eigenvalue weighted by Crippen LogP contribution is -2.58. The number of rotatable bonds is 8. The zero-order chi connectivity index (χ0) is 36.8. The van der Waals surface area contributed by atoms with Gasteiger partial charge < -0.3 is 24.8 Å². The third kappa shape index (κ3) is 6.21. The number of pyridine rings is 1. The number of carbonyl (C=O) groups excluding carboxylic acids is 6. The van der Waals surface area contributed by atoms with Gasteiger partial charge in [0.25, 0.3) is 17.7 Å². The van der Waals surface area contributed by atoms with Gasteiger partial charge in [-0.25, -0.2) is 4.98 Å². The minimum Gasteiger partial charge on any atom is -0.494 e. The lowest BCUT2D eigenvalue weighted by Gasteiger charge is -2.44. The van der Waals surface area contributed by atoms with Crippen molar-refractivity contribution in [3.8, 4) is 17.1 Å². The lowest BCUT2D eigenvalue weighted by atomic mass is 9.96. The molecule has 0 saturated carbocycles. The van der Waals surface area contributed by atoms with Crippen LogP contribution in [0, 0.1) is 5.92 Å². The van der Waals surface area contributed by atoms with E-state index in [1.165, 1.54) is 0 Å². The third-order valence-corrected chi connectivity index (χ3v) is 10.2. The number of carbonyl (C=O) groups is 6.